The first kappa shape index (κ1) is 21.2. The highest BCUT2D eigenvalue weighted by Gasteiger charge is 2.21. The van der Waals surface area contributed by atoms with Gasteiger partial charge >= 0.3 is 0 Å². The number of pyridine rings is 2. The van der Waals surface area contributed by atoms with Crippen LogP contribution in [0.2, 0.25) is 0 Å². The van der Waals surface area contributed by atoms with Crippen molar-refractivity contribution in [2.75, 3.05) is 20.2 Å². The number of hydrogen-bond acceptors (Lipinski definition) is 4. The monoisotopic (exact) mass is 430 g/mol. The number of nitrogens with one attached hydrogen (secondary N) is 1. The number of halogens is 1. The van der Waals surface area contributed by atoms with E-state index in [-0.39, 0.29) is 18.3 Å². The normalized spacial score (nSPS) is 10.8. The van der Waals surface area contributed by atoms with Crippen LogP contribution in [0.4, 0.5) is 4.39 Å². The SMILES string of the molecule is C=CC(=O)N(C)CCOc1cnccc1-c1[nH]c2cccnc2c1-c1cc(C)ccc1F. The minimum absolute atomic E-state index is 0.182. The fourth-order valence-electron chi connectivity index (χ4n) is 3.58. The van der Waals surface area contributed by atoms with Crippen LogP contribution in [0.3, 0.4) is 0 Å². The number of rotatable bonds is 7. The maximum atomic E-state index is 14.9. The van der Waals surface area contributed by atoms with Gasteiger partial charge < -0.3 is 14.6 Å². The number of aryl methyl sites for hydroxylation is 1. The zero-order chi connectivity index (χ0) is 22.7. The lowest BCUT2D eigenvalue weighted by molar-refractivity contribution is -0.125. The highest BCUT2D eigenvalue weighted by Crippen LogP contribution is 2.41. The lowest BCUT2D eigenvalue weighted by Crippen LogP contribution is -2.29. The molecule has 0 bridgehead atoms. The van der Waals surface area contributed by atoms with E-state index >= 15 is 0 Å². The van der Waals surface area contributed by atoms with Gasteiger partial charge in [0.1, 0.15) is 18.2 Å². The largest absolute Gasteiger partial charge is 0.489 e. The summed E-state index contributed by atoms with van der Waals surface area (Å²) < 4.78 is 20.9. The Morgan fingerprint density at radius 3 is 2.91 bits per heavy atom. The third-order valence-corrected chi connectivity index (χ3v) is 5.23. The molecule has 1 amide bonds. The number of H-pyrrole nitrogens is 1. The highest BCUT2D eigenvalue weighted by molar-refractivity contribution is 6.02. The first-order valence-electron chi connectivity index (χ1n) is 10.2. The number of ether oxygens (including phenoxy) is 1. The number of likely N-dealkylation sites (N-methyl/N-ethyl adjacent to an activating group) is 1. The number of fused-ring (bicyclic) bond motifs is 1. The Labute approximate surface area is 185 Å². The highest BCUT2D eigenvalue weighted by atomic mass is 19.1. The number of aromatic nitrogens is 3. The second-order valence-electron chi connectivity index (χ2n) is 7.44. The fraction of sp³-hybridized carbons (Fsp3) is 0.160. The van der Waals surface area contributed by atoms with Crippen molar-refractivity contribution >= 4 is 16.9 Å². The Morgan fingerprint density at radius 2 is 2.09 bits per heavy atom. The van der Waals surface area contributed by atoms with Crippen molar-refractivity contribution in [2.45, 2.75) is 6.92 Å². The maximum absolute atomic E-state index is 14.9. The number of nitrogens with zero attached hydrogens (tertiary/aromatic N) is 3. The zero-order valence-electron chi connectivity index (χ0n) is 17.9. The fourth-order valence-corrected chi connectivity index (χ4v) is 3.58. The molecule has 0 fully saturated rings. The van der Waals surface area contributed by atoms with Crippen LogP contribution in [-0.4, -0.2) is 46.0 Å². The molecule has 0 saturated heterocycles. The van der Waals surface area contributed by atoms with Crippen LogP contribution in [0.25, 0.3) is 33.4 Å². The first-order chi connectivity index (χ1) is 15.5. The minimum atomic E-state index is -0.329. The van der Waals surface area contributed by atoms with Gasteiger partial charge in [-0.15, -0.1) is 0 Å². The van der Waals surface area contributed by atoms with E-state index < -0.39 is 0 Å². The molecule has 4 rings (SSSR count). The summed E-state index contributed by atoms with van der Waals surface area (Å²) in [6, 6.07) is 10.6. The molecule has 7 heteroatoms. The molecule has 4 aromatic rings. The van der Waals surface area contributed by atoms with Gasteiger partial charge in [0.25, 0.3) is 0 Å². The third kappa shape index (κ3) is 4.09. The van der Waals surface area contributed by atoms with Crippen molar-refractivity contribution in [3.05, 3.63) is 79.0 Å². The summed E-state index contributed by atoms with van der Waals surface area (Å²) in [5.41, 5.74) is 4.95. The smallest absolute Gasteiger partial charge is 0.245 e. The molecule has 1 aromatic carbocycles. The standard InChI is InChI=1S/C25H23FN4O2/c1-4-22(31)30(3)12-13-32-21-15-27-11-9-17(21)24-23(18-14-16(2)7-8-19(18)26)25-20(29-24)6-5-10-28-25/h4-11,14-15,29H,1,12-13H2,2-3H3. The molecule has 162 valence electrons. The molecule has 1 N–H and O–H groups in total. The second kappa shape index (κ2) is 9.01. The van der Waals surface area contributed by atoms with Gasteiger partial charge in [-0.1, -0.05) is 18.2 Å². The molecule has 0 radical (unpaired) electrons. The van der Waals surface area contributed by atoms with E-state index in [0.29, 0.717) is 34.6 Å². The summed E-state index contributed by atoms with van der Waals surface area (Å²) in [6.07, 6.45) is 6.22. The van der Waals surface area contributed by atoms with Crippen LogP contribution in [0.1, 0.15) is 5.56 Å². The molecule has 0 aliphatic heterocycles. The maximum Gasteiger partial charge on any atom is 0.245 e. The lowest BCUT2D eigenvalue weighted by Gasteiger charge is -2.17. The van der Waals surface area contributed by atoms with Crippen LogP contribution in [0, 0.1) is 12.7 Å². The van der Waals surface area contributed by atoms with Crippen LogP contribution < -0.4 is 4.74 Å². The summed E-state index contributed by atoms with van der Waals surface area (Å²) in [5.74, 6) is 0.0104. The molecule has 6 nitrogen and oxygen atoms in total. The van der Waals surface area contributed by atoms with E-state index in [1.807, 2.05) is 31.2 Å². The van der Waals surface area contributed by atoms with Crippen LogP contribution in [-0.2, 0) is 4.79 Å². The van der Waals surface area contributed by atoms with Gasteiger partial charge in [-0.3, -0.25) is 14.8 Å². The van der Waals surface area contributed by atoms with Gasteiger partial charge in [-0.25, -0.2) is 4.39 Å². The van der Waals surface area contributed by atoms with E-state index in [2.05, 4.69) is 21.5 Å². The molecule has 0 atom stereocenters. The predicted octanol–water partition coefficient (Wildman–Crippen LogP) is 4.76. The predicted molar refractivity (Wildman–Crippen MR) is 123 cm³/mol. The average molecular weight is 430 g/mol. The van der Waals surface area contributed by atoms with Crippen molar-refractivity contribution in [2.24, 2.45) is 0 Å². The van der Waals surface area contributed by atoms with Gasteiger partial charge in [0, 0.05) is 36.1 Å². The summed E-state index contributed by atoms with van der Waals surface area (Å²) in [7, 11) is 1.68. The summed E-state index contributed by atoms with van der Waals surface area (Å²) in [6.45, 7) is 6.06. The van der Waals surface area contributed by atoms with Crippen molar-refractivity contribution in [3.63, 3.8) is 0 Å². The molecule has 3 heterocycles. The second-order valence-corrected chi connectivity index (χ2v) is 7.44. The van der Waals surface area contributed by atoms with Crippen molar-refractivity contribution in [1.82, 2.24) is 19.9 Å². The average Bonchev–Trinajstić information content (AvgIpc) is 3.19. The van der Waals surface area contributed by atoms with E-state index in [4.69, 9.17) is 4.74 Å². The Bertz CT molecular complexity index is 1300. The van der Waals surface area contributed by atoms with Gasteiger partial charge in [0.15, 0.2) is 0 Å². The van der Waals surface area contributed by atoms with Crippen LogP contribution >= 0.6 is 0 Å². The molecule has 0 unspecified atom stereocenters. The first-order valence-corrected chi connectivity index (χ1v) is 10.2. The number of hydrogen-bond donors (Lipinski definition) is 1. The summed E-state index contributed by atoms with van der Waals surface area (Å²) in [4.78, 5) is 25.3. The van der Waals surface area contributed by atoms with Gasteiger partial charge in [-0.2, -0.15) is 0 Å². The molecular formula is C25H23FN4O2. The lowest BCUT2D eigenvalue weighted by atomic mass is 9.98. The van der Waals surface area contributed by atoms with Gasteiger partial charge in [0.05, 0.1) is 29.5 Å². The third-order valence-electron chi connectivity index (χ3n) is 5.23. The van der Waals surface area contributed by atoms with Gasteiger partial charge in [0.2, 0.25) is 5.91 Å². The summed E-state index contributed by atoms with van der Waals surface area (Å²) >= 11 is 0. The van der Waals surface area contributed by atoms with E-state index in [1.165, 1.54) is 17.0 Å². The molecule has 3 aromatic heterocycles. The zero-order valence-corrected chi connectivity index (χ0v) is 17.9. The number of carbonyl (C=O) groups is 1. The van der Waals surface area contributed by atoms with Crippen molar-refractivity contribution in [1.29, 1.82) is 0 Å². The summed E-state index contributed by atoms with van der Waals surface area (Å²) in [5, 5.41) is 0. The Balaban J connectivity index is 1.79. The van der Waals surface area contributed by atoms with E-state index in [9.17, 15) is 9.18 Å². The quantitative estimate of drug-likeness (QED) is 0.429. The molecular weight excluding hydrogens is 407 g/mol. The molecule has 0 aliphatic carbocycles. The number of carbonyl (C=O) groups excluding carboxylic acids is 1. The molecule has 0 aliphatic rings. The number of aromatic amines is 1. The van der Waals surface area contributed by atoms with Crippen molar-refractivity contribution in [3.8, 4) is 28.1 Å². The molecule has 0 saturated carbocycles. The van der Waals surface area contributed by atoms with Crippen molar-refractivity contribution < 1.29 is 13.9 Å². The molecule has 0 spiro atoms. The van der Waals surface area contributed by atoms with Crippen LogP contribution in [0.5, 0.6) is 5.75 Å². The van der Waals surface area contributed by atoms with Gasteiger partial charge in [-0.05, 0) is 43.3 Å². The Hall–Kier alpha value is -4.00. The number of benzene rings is 1. The molecule has 32 heavy (non-hydrogen) atoms. The Morgan fingerprint density at radius 1 is 1.25 bits per heavy atom. The Kier molecular flexibility index (Phi) is 5.98. The minimum Gasteiger partial charge on any atom is -0.489 e. The van der Waals surface area contributed by atoms with E-state index in [1.54, 1.807) is 31.7 Å². The number of amides is 1. The van der Waals surface area contributed by atoms with Crippen LogP contribution in [0.15, 0.2) is 67.6 Å². The van der Waals surface area contributed by atoms with E-state index in [0.717, 1.165) is 16.6 Å². The topological polar surface area (TPSA) is 71.1 Å².